The van der Waals surface area contributed by atoms with Crippen molar-refractivity contribution in [3.63, 3.8) is 0 Å². The molecule has 1 N–H and O–H groups in total. The number of hydrogen-bond donors (Lipinski definition) is 1. The van der Waals surface area contributed by atoms with Crippen molar-refractivity contribution in [2.45, 2.75) is 0 Å². The van der Waals surface area contributed by atoms with Gasteiger partial charge < -0.3 is 9.80 Å². The molecule has 66 valence electrons. The lowest BCUT2D eigenvalue weighted by Crippen LogP contribution is -2.44. The van der Waals surface area contributed by atoms with E-state index < -0.39 is 0 Å². The highest BCUT2D eigenvalue weighted by Gasteiger charge is 2.15. The summed E-state index contributed by atoms with van der Waals surface area (Å²) in [7, 11) is 2.14. The van der Waals surface area contributed by atoms with E-state index in [0.717, 1.165) is 32.0 Å². The van der Waals surface area contributed by atoms with Crippen LogP contribution in [0.3, 0.4) is 0 Å². The fourth-order valence-corrected chi connectivity index (χ4v) is 1.38. The third kappa shape index (κ3) is 1.40. The molecule has 0 aromatic carbocycles. The number of rotatable bonds is 1. The molecular formula is C7H13N5. The van der Waals surface area contributed by atoms with Crippen LogP contribution in [0.5, 0.6) is 0 Å². The molecule has 0 atom stereocenters. The number of aromatic nitrogens is 3. The molecule has 0 bridgehead atoms. The van der Waals surface area contributed by atoms with Gasteiger partial charge in [-0.2, -0.15) is 10.3 Å². The topological polar surface area (TPSA) is 48.0 Å². The van der Waals surface area contributed by atoms with Gasteiger partial charge in [0.2, 0.25) is 0 Å². The van der Waals surface area contributed by atoms with E-state index in [0.29, 0.717) is 0 Å². The molecule has 1 aliphatic rings. The van der Waals surface area contributed by atoms with E-state index in [4.69, 9.17) is 0 Å². The van der Waals surface area contributed by atoms with Crippen LogP contribution < -0.4 is 4.90 Å². The number of hydrogen-bond acceptors (Lipinski definition) is 4. The van der Waals surface area contributed by atoms with Crippen LogP contribution in [0.1, 0.15) is 0 Å². The summed E-state index contributed by atoms with van der Waals surface area (Å²) in [6.07, 6.45) is 1.77. The van der Waals surface area contributed by atoms with Gasteiger partial charge >= 0.3 is 0 Å². The molecule has 1 aromatic heterocycles. The Labute approximate surface area is 71.4 Å². The van der Waals surface area contributed by atoms with Crippen molar-refractivity contribution >= 4 is 5.82 Å². The van der Waals surface area contributed by atoms with Gasteiger partial charge in [0, 0.05) is 26.2 Å². The van der Waals surface area contributed by atoms with Gasteiger partial charge in [-0.25, -0.2) is 0 Å². The van der Waals surface area contributed by atoms with Crippen LogP contribution in [-0.4, -0.2) is 53.5 Å². The van der Waals surface area contributed by atoms with Crippen LogP contribution in [0.15, 0.2) is 6.20 Å². The van der Waals surface area contributed by atoms with Gasteiger partial charge in [-0.1, -0.05) is 0 Å². The highest BCUT2D eigenvalue weighted by atomic mass is 15.4. The third-order valence-electron chi connectivity index (χ3n) is 2.23. The van der Waals surface area contributed by atoms with E-state index in [1.807, 2.05) is 0 Å². The number of anilines is 1. The number of likely N-dealkylation sites (N-methyl/N-ethyl adjacent to an activating group) is 1. The van der Waals surface area contributed by atoms with Gasteiger partial charge in [0.1, 0.15) is 0 Å². The second-order valence-corrected chi connectivity index (χ2v) is 3.12. The second kappa shape index (κ2) is 3.10. The average Bonchev–Trinajstić information content (AvgIpc) is 2.58. The molecular weight excluding hydrogens is 154 g/mol. The zero-order chi connectivity index (χ0) is 8.39. The zero-order valence-corrected chi connectivity index (χ0v) is 7.19. The smallest absolute Gasteiger partial charge is 0.170 e. The highest BCUT2D eigenvalue weighted by Crippen LogP contribution is 2.09. The number of nitrogens with zero attached hydrogens (tertiary/aromatic N) is 4. The highest BCUT2D eigenvalue weighted by molar-refractivity contribution is 5.34. The molecule has 12 heavy (non-hydrogen) atoms. The third-order valence-corrected chi connectivity index (χ3v) is 2.23. The van der Waals surface area contributed by atoms with Crippen LogP contribution in [-0.2, 0) is 0 Å². The SMILES string of the molecule is CN1CCN(c2cn[nH]n2)CC1. The fourth-order valence-electron chi connectivity index (χ4n) is 1.38. The molecule has 0 unspecified atom stereocenters. The lowest BCUT2D eigenvalue weighted by molar-refractivity contribution is 0.312. The maximum absolute atomic E-state index is 4.04. The summed E-state index contributed by atoms with van der Waals surface area (Å²) in [6.45, 7) is 4.30. The molecule has 1 saturated heterocycles. The Hall–Kier alpha value is -1.10. The second-order valence-electron chi connectivity index (χ2n) is 3.12. The maximum Gasteiger partial charge on any atom is 0.170 e. The first kappa shape index (κ1) is 7.54. The molecule has 2 heterocycles. The number of nitrogens with one attached hydrogen (secondary N) is 1. The van der Waals surface area contributed by atoms with E-state index in [9.17, 15) is 0 Å². The molecule has 2 rings (SSSR count). The molecule has 1 fully saturated rings. The summed E-state index contributed by atoms with van der Waals surface area (Å²) >= 11 is 0. The average molecular weight is 167 g/mol. The lowest BCUT2D eigenvalue weighted by atomic mass is 10.3. The van der Waals surface area contributed by atoms with Gasteiger partial charge in [-0.3, -0.25) is 0 Å². The zero-order valence-electron chi connectivity index (χ0n) is 7.19. The molecule has 0 radical (unpaired) electrons. The van der Waals surface area contributed by atoms with Crippen molar-refractivity contribution in [3.8, 4) is 0 Å². The molecule has 0 spiro atoms. The van der Waals surface area contributed by atoms with Crippen LogP contribution in [0.2, 0.25) is 0 Å². The molecule has 0 amide bonds. The first-order chi connectivity index (χ1) is 5.86. The van der Waals surface area contributed by atoms with Crippen molar-refractivity contribution in [2.24, 2.45) is 0 Å². The fraction of sp³-hybridized carbons (Fsp3) is 0.714. The monoisotopic (exact) mass is 167 g/mol. The molecule has 0 aliphatic carbocycles. The predicted octanol–water partition coefficient (Wildman–Crippen LogP) is -0.444. The van der Waals surface area contributed by atoms with Crippen LogP contribution in [0.25, 0.3) is 0 Å². The molecule has 0 saturated carbocycles. The maximum atomic E-state index is 4.04. The number of aromatic amines is 1. The summed E-state index contributed by atoms with van der Waals surface area (Å²) in [4.78, 5) is 4.56. The predicted molar refractivity (Wildman–Crippen MR) is 46.1 cm³/mol. The molecule has 5 heteroatoms. The Kier molecular flexibility index (Phi) is 1.95. The largest absolute Gasteiger partial charge is 0.351 e. The molecule has 1 aliphatic heterocycles. The number of H-pyrrole nitrogens is 1. The van der Waals surface area contributed by atoms with Gasteiger partial charge in [-0.15, -0.1) is 5.10 Å². The Morgan fingerprint density at radius 3 is 2.67 bits per heavy atom. The minimum absolute atomic E-state index is 0.961. The summed E-state index contributed by atoms with van der Waals surface area (Å²) < 4.78 is 0. The van der Waals surface area contributed by atoms with E-state index in [-0.39, 0.29) is 0 Å². The van der Waals surface area contributed by atoms with Crippen molar-refractivity contribution in [2.75, 3.05) is 38.1 Å². The first-order valence-corrected chi connectivity index (χ1v) is 4.15. The normalized spacial score (nSPS) is 19.9. The Morgan fingerprint density at radius 2 is 2.08 bits per heavy atom. The molecule has 1 aromatic rings. The van der Waals surface area contributed by atoms with Crippen LogP contribution in [0, 0.1) is 0 Å². The van der Waals surface area contributed by atoms with Crippen molar-refractivity contribution < 1.29 is 0 Å². The Morgan fingerprint density at radius 1 is 1.33 bits per heavy atom. The van der Waals surface area contributed by atoms with Crippen molar-refractivity contribution in [1.29, 1.82) is 0 Å². The summed E-state index contributed by atoms with van der Waals surface area (Å²) in [5.74, 6) is 0.961. The van der Waals surface area contributed by atoms with E-state index in [2.05, 4.69) is 32.3 Å². The summed E-state index contributed by atoms with van der Waals surface area (Å²) in [6, 6.07) is 0. The minimum Gasteiger partial charge on any atom is -0.351 e. The van der Waals surface area contributed by atoms with E-state index in [1.54, 1.807) is 6.20 Å². The van der Waals surface area contributed by atoms with Crippen molar-refractivity contribution in [3.05, 3.63) is 6.20 Å². The Balaban J connectivity index is 1.99. The van der Waals surface area contributed by atoms with E-state index >= 15 is 0 Å². The van der Waals surface area contributed by atoms with Crippen LogP contribution >= 0.6 is 0 Å². The van der Waals surface area contributed by atoms with Gasteiger partial charge in [-0.05, 0) is 7.05 Å². The minimum atomic E-state index is 0.961. The number of piperazine rings is 1. The van der Waals surface area contributed by atoms with Gasteiger partial charge in [0.15, 0.2) is 5.82 Å². The summed E-state index contributed by atoms with van der Waals surface area (Å²) in [5.41, 5.74) is 0. The van der Waals surface area contributed by atoms with Gasteiger partial charge in [0.05, 0.1) is 6.20 Å². The first-order valence-electron chi connectivity index (χ1n) is 4.15. The van der Waals surface area contributed by atoms with E-state index in [1.165, 1.54) is 0 Å². The quantitative estimate of drug-likeness (QED) is 0.616. The Bertz CT molecular complexity index is 224. The lowest BCUT2D eigenvalue weighted by Gasteiger charge is -2.31. The summed E-state index contributed by atoms with van der Waals surface area (Å²) in [5, 5.41) is 10.4. The van der Waals surface area contributed by atoms with Crippen LogP contribution in [0.4, 0.5) is 5.82 Å². The van der Waals surface area contributed by atoms with Crippen molar-refractivity contribution in [1.82, 2.24) is 20.3 Å². The molecule has 5 nitrogen and oxygen atoms in total. The standard InChI is InChI=1S/C7H13N5/c1-11-2-4-12(5-3-11)7-6-8-10-9-7/h6H,2-5H2,1H3,(H,8,9,10). The van der Waals surface area contributed by atoms with Gasteiger partial charge in [0.25, 0.3) is 0 Å².